The first kappa shape index (κ1) is 13.9. The van der Waals surface area contributed by atoms with Gasteiger partial charge in [0.05, 0.1) is 6.61 Å². The molecule has 0 aliphatic rings. The largest absolute Gasteiger partial charge is 0.461 e. The number of ether oxygens (including phenoxy) is 1. The molecule has 0 fully saturated rings. The van der Waals surface area contributed by atoms with Crippen molar-refractivity contribution in [3.63, 3.8) is 0 Å². The van der Waals surface area contributed by atoms with Crippen LogP contribution in [0.4, 0.5) is 19.1 Å². The Morgan fingerprint density at radius 3 is 2.50 bits per heavy atom. The number of nitrogens with two attached hydrogens (primary N) is 1. The van der Waals surface area contributed by atoms with Crippen LogP contribution in [0.2, 0.25) is 0 Å². The summed E-state index contributed by atoms with van der Waals surface area (Å²) in [5, 5.41) is 0. The number of halogens is 3. The number of carbonyl (C=O) groups excluding carboxylic acids is 1. The summed E-state index contributed by atoms with van der Waals surface area (Å²) in [6.45, 7) is 1.68. The minimum absolute atomic E-state index is 0.0975. The first-order valence-electron chi connectivity index (χ1n) is 5.52. The van der Waals surface area contributed by atoms with Gasteiger partial charge in [0.25, 0.3) is 0 Å². The van der Waals surface area contributed by atoms with Crippen LogP contribution in [0.3, 0.4) is 0 Å². The monoisotopic (exact) mass is 286 g/mol. The van der Waals surface area contributed by atoms with E-state index in [0.717, 1.165) is 0 Å². The van der Waals surface area contributed by atoms with Crippen molar-refractivity contribution in [1.82, 2.24) is 4.98 Å². The highest BCUT2D eigenvalue weighted by Gasteiger charge is 2.21. The summed E-state index contributed by atoms with van der Waals surface area (Å²) in [4.78, 5) is 15.2. The fourth-order valence-electron chi connectivity index (χ4n) is 1.48. The molecule has 0 unspecified atom stereocenters. The summed E-state index contributed by atoms with van der Waals surface area (Å²) < 4.78 is 48.7. The van der Waals surface area contributed by atoms with Crippen molar-refractivity contribution in [3.8, 4) is 11.5 Å². The van der Waals surface area contributed by atoms with E-state index in [4.69, 9.17) is 10.2 Å². The van der Waals surface area contributed by atoms with E-state index in [1.807, 2.05) is 0 Å². The molecule has 0 saturated heterocycles. The number of hydrogen-bond acceptors (Lipinski definition) is 5. The van der Waals surface area contributed by atoms with E-state index in [9.17, 15) is 18.0 Å². The van der Waals surface area contributed by atoms with Gasteiger partial charge in [-0.2, -0.15) is 4.98 Å². The minimum atomic E-state index is -1.61. The van der Waals surface area contributed by atoms with E-state index in [1.54, 1.807) is 6.92 Å². The number of nitrogen functional groups attached to an aromatic ring is 1. The van der Waals surface area contributed by atoms with E-state index < -0.39 is 23.4 Å². The Morgan fingerprint density at radius 1 is 1.35 bits per heavy atom. The number of aromatic nitrogens is 1. The maximum absolute atomic E-state index is 13.1. The Labute approximate surface area is 111 Å². The van der Waals surface area contributed by atoms with Crippen LogP contribution in [0.15, 0.2) is 16.5 Å². The number of carbonyl (C=O) groups is 1. The molecule has 0 atom stereocenters. The van der Waals surface area contributed by atoms with Crippen LogP contribution in [0.5, 0.6) is 0 Å². The van der Waals surface area contributed by atoms with Crippen molar-refractivity contribution in [2.45, 2.75) is 6.92 Å². The van der Waals surface area contributed by atoms with E-state index in [-0.39, 0.29) is 29.6 Å². The van der Waals surface area contributed by atoms with Crippen molar-refractivity contribution in [2.24, 2.45) is 0 Å². The van der Waals surface area contributed by atoms with Crippen molar-refractivity contribution in [1.29, 1.82) is 0 Å². The summed E-state index contributed by atoms with van der Waals surface area (Å²) in [5.41, 5.74) is 4.92. The lowest BCUT2D eigenvalue weighted by Crippen LogP contribution is -2.07. The second-order valence-corrected chi connectivity index (χ2v) is 3.71. The highest BCUT2D eigenvalue weighted by Crippen LogP contribution is 2.26. The predicted molar refractivity (Wildman–Crippen MR) is 62.2 cm³/mol. The van der Waals surface area contributed by atoms with Gasteiger partial charge in [0.1, 0.15) is 0 Å². The van der Waals surface area contributed by atoms with Gasteiger partial charge in [0.2, 0.25) is 17.5 Å². The van der Waals surface area contributed by atoms with Crippen molar-refractivity contribution >= 4 is 11.9 Å². The zero-order valence-electron chi connectivity index (χ0n) is 10.2. The molecule has 0 radical (unpaired) electrons. The molecule has 2 N–H and O–H groups in total. The zero-order valence-corrected chi connectivity index (χ0v) is 10.2. The molecule has 1 heterocycles. The highest BCUT2D eigenvalue weighted by molar-refractivity contribution is 5.92. The van der Waals surface area contributed by atoms with Crippen molar-refractivity contribution < 1.29 is 27.1 Å². The van der Waals surface area contributed by atoms with Gasteiger partial charge in [0, 0.05) is 5.56 Å². The van der Waals surface area contributed by atoms with E-state index in [0.29, 0.717) is 12.1 Å². The number of hydrogen-bond donors (Lipinski definition) is 1. The zero-order chi connectivity index (χ0) is 14.9. The molecule has 8 heteroatoms. The van der Waals surface area contributed by atoms with Gasteiger partial charge >= 0.3 is 5.97 Å². The van der Waals surface area contributed by atoms with Crippen LogP contribution >= 0.6 is 0 Å². The fraction of sp³-hybridized carbons (Fsp3) is 0.167. The van der Waals surface area contributed by atoms with Gasteiger partial charge in [-0.1, -0.05) is 0 Å². The fourth-order valence-corrected chi connectivity index (χ4v) is 1.48. The standard InChI is InChI=1S/C12H9F3N2O3/c1-2-19-12(18)9-10(16)20-11(17-9)5-3-6(13)8(15)7(14)4-5/h3-4H,2,16H2,1H3. The van der Waals surface area contributed by atoms with Crippen LogP contribution < -0.4 is 5.73 Å². The number of oxazole rings is 1. The van der Waals surface area contributed by atoms with E-state index in [2.05, 4.69) is 9.72 Å². The van der Waals surface area contributed by atoms with Crippen LogP contribution in [0.1, 0.15) is 17.4 Å². The quantitative estimate of drug-likeness (QED) is 0.693. The Balaban J connectivity index is 2.44. The average Bonchev–Trinajstić information content (AvgIpc) is 2.78. The van der Waals surface area contributed by atoms with Crippen LogP contribution in [-0.4, -0.2) is 17.6 Å². The SMILES string of the molecule is CCOC(=O)c1nc(-c2cc(F)c(F)c(F)c2)oc1N. The number of rotatable bonds is 3. The van der Waals surface area contributed by atoms with Gasteiger partial charge < -0.3 is 14.9 Å². The number of nitrogens with zero attached hydrogens (tertiary/aromatic N) is 1. The number of esters is 1. The van der Waals surface area contributed by atoms with Gasteiger partial charge in [-0.3, -0.25) is 0 Å². The maximum Gasteiger partial charge on any atom is 0.362 e. The molecule has 1 aromatic heterocycles. The maximum atomic E-state index is 13.1. The molecule has 0 spiro atoms. The molecule has 2 aromatic rings. The second-order valence-electron chi connectivity index (χ2n) is 3.71. The molecule has 106 valence electrons. The van der Waals surface area contributed by atoms with Crippen LogP contribution in [0.25, 0.3) is 11.5 Å². The molecule has 5 nitrogen and oxygen atoms in total. The molecule has 0 aliphatic heterocycles. The van der Waals surface area contributed by atoms with Gasteiger partial charge in [-0.05, 0) is 19.1 Å². The minimum Gasteiger partial charge on any atom is -0.461 e. The first-order chi connectivity index (χ1) is 9.43. The van der Waals surface area contributed by atoms with Gasteiger partial charge in [-0.25, -0.2) is 18.0 Å². The summed E-state index contributed by atoms with van der Waals surface area (Å²) in [6.07, 6.45) is 0. The lowest BCUT2D eigenvalue weighted by atomic mass is 10.2. The molecule has 0 amide bonds. The second kappa shape index (κ2) is 5.24. The Bertz CT molecular complexity index is 647. The highest BCUT2D eigenvalue weighted by atomic mass is 19.2. The van der Waals surface area contributed by atoms with Crippen LogP contribution in [-0.2, 0) is 4.74 Å². The Hall–Kier alpha value is -2.51. The third-order valence-electron chi connectivity index (χ3n) is 2.35. The topological polar surface area (TPSA) is 78.3 Å². The smallest absolute Gasteiger partial charge is 0.362 e. The normalized spacial score (nSPS) is 10.6. The summed E-state index contributed by atoms with van der Waals surface area (Å²) >= 11 is 0. The summed E-state index contributed by atoms with van der Waals surface area (Å²) in [5.74, 6) is -5.93. The molecule has 0 bridgehead atoms. The van der Waals surface area contributed by atoms with Gasteiger partial charge in [-0.15, -0.1) is 0 Å². The summed E-state index contributed by atoms with van der Waals surface area (Å²) in [7, 11) is 0. The Kier molecular flexibility index (Phi) is 3.64. The van der Waals surface area contributed by atoms with E-state index in [1.165, 1.54) is 0 Å². The lowest BCUT2D eigenvalue weighted by molar-refractivity contribution is 0.0521. The van der Waals surface area contributed by atoms with Gasteiger partial charge in [0.15, 0.2) is 17.5 Å². The molecule has 0 saturated carbocycles. The third-order valence-corrected chi connectivity index (χ3v) is 2.35. The predicted octanol–water partition coefficient (Wildman–Crippen LogP) is 2.52. The third kappa shape index (κ3) is 2.44. The van der Waals surface area contributed by atoms with Crippen molar-refractivity contribution in [3.05, 3.63) is 35.3 Å². The molecule has 20 heavy (non-hydrogen) atoms. The number of anilines is 1. The first-order valence-corrected chi connectivity index (χ1v) is 5.52. The molecule has 1 aromatic carbocycles. The molecule has 0 aliphatic carbocycles. The molecule has 2 rings (SSSR count). The van der Waals surface area contributed by atoms with Crippen molar-refractivity contribution in [2.75, 3.05) is 12.3 Å². The summed E-state index contributed by atoms with van der Waals surface area (Å²) in [6, 6.07) is 1.36. The Morgan fingerprint density at radius 2 is 1.95 bits per heavy atom. The molecular formula is C12H9F3N2O3. The number of benzene rings is 1. The average molecular weight is 286 g/mol. The van der Waals surface area contributed by atoms with E-state index >= 15 is 0 Å². The molecular weight excluding hydrogens is 277 g/mol. The van der Waals surface area contributed by atoms with Crippen LogP contribution in [0, 0.1) is 17.5 Å². The lowest BCUT2D eigenvalue weighted by Gasteiger charge is -1.98.